The number of carbonyl (C=O) groups is 1. The lowest BCUT2D eigenvalue weighted by atomic mass is 10.1. The smallest absolute Gasteiger partial charge is 0.251 e. The molecule has 0 spiro atoms. The Balaban J connectivity index is 1.77. The lowest BCUT2D eigenvalue weighted by Gasteiger charge is -2.09. The van der Waals surface area contributed by atoms with Gasteiger partial charge in [0.15, 0.2) is 0 Å². The van der Waals surface area contributed by atoms with Gasteiger partial charge in [-0.05, 0) is 84.0 Å². The minimum Gasteiger partial charge on any atom is -0.492 e. The van der Waals surface area contributed by atoms with Gasteiger partial charge in [0.2, 0.25) is 0 Å². The van der Waals surface area contributed by atoms with Crippen molar-refractivity contribution in [3.05, 3.63) is 62.7 Å². The summed E-state index contributed by atoms with van der Waals surface area (Å²) in [6, 6.07) is 13.5. The molecule has 0 bridgehead atoms. The molecule has 1 N–H and O–H groups in total. The Kier molecular flexibility index (Phi) is 5.61. The Morgan fingerprint density at radius 3 is 2.48 bits per heavy atom. The van der Waals surface area contributed by atoms with Crippen molar-refractivity contribution >= 4 is 28.5 Å². The first kappa shape index (κ1) is 15.8. The van der Waals surface area contributed by atoms with Crippen molar-refractivity contribution in [2.45, 2.75) is 13.8 Å². The highest BCUT2D eigenvalue weighted by molar-refractivity contribution is 14.1. The SMILES string of the molecule is Cc1ccc(OCCNC(=O)c2ccc(I)cc2)cc1C. The van der Waals surface area contributed by atoms with E-state index in [0.717, 1.165) is 9.32 Å². The summed E-state index contributed by atoms with van der Waals surface area (Å²) < 4.78 is 6.74. The van der Waals surface area contributed by atoms with Gasteiger partial charge >= 0.3 is 0 Å². The molecule has 0 fully saturated rings. The van der Waals surface area contributed by atoms with Gasteiger partial charge in [0, 0.05) is 9.13 Å². The van der Waals surface area contributed by atoms with E-state index in [1.54, 1.807) is 0 Å². The number of hydrogen-bond donors (Lipinski definition) is 1. The standard InChI is InChI=1S/C17H18INO2/c1-12-3-8-16(11-13(12)2)21-10-9-19-17(20)14-4-6-15(18)7-5-14/h3-8,11H,9-10H2,1-2H3,(H,19,20). The van der Waals surface area contributed by atoms with E-state index in [1.165, 1.54) is 11.1 Å². The molecule has 0 aliphatic heterocycles. The first-order chi connectivity index (χ1) is 10.1. The molecule has 2 aromatic rings. The van der Waals surface area contributed by atoms with Crippen LogP contribution in [0.3, 0.4) is 0 Å². The van der Waals surface area contributed by atoms with E-state index in [2.05, 4.69) is 41.8 Å². The minimum absolute atomic E-state index is 0.0740. The zero-order valence-electron chi connectivity index (χ0n) is 12.2. The maximum absolute atomic E-state index is 11.9. The van der Waals surface area contributed by atoms with Crippen molar-refractivity contribution in [2.24, 2.45) is 0 Å². The largest absolute Gasteiger partial charge is 0.492 e. The van der Waals surface area contributed by atoms with Gasteiger partial charge in [0.1, 0.15) is 12.4 Å². The summed E-state index contributed by atoms with van der Waals surface area (Å²) in [4.78, 5) is 11.9. The molecular weight excluding hydrogens is 377 g/mol. The van der Waals surface area contributed by atoms with Crippen LogP contribution < -0.4 is 10.1 Å². The topological polar surface area (TPSA) is 38.3 Å². The summed E-state index contributed by atoms with van der Waals surface area (Å²) in [6.45, 7) is 5.07. The van der Waals surface area contributed by atoms with Crippen molar-refractivity contribution in [1.29, 1.82) is 0 Å². The average Bonchev–Trinajstić information content (AvgIpc) is 2.47. The third kappa shape index (κ3) is 4.74. The van der Waals surface area contributed by atoms with Crippen molar-refractivity contribution in [2.75, 3.05) is 13.2 Å². The normalized spacial score (nSPS) is 10.2. The van der Waals surface area contributed by atoms with Crippen molar-refractivity contribution in [1.82, 2.24) is 5.32 Å². The summed E-state index contributed by atoms with van der Waals surface area (Å²) in [5.41, 5.74) is 3.12. The number of ether oxygens (including phenoxy) is 1. The first-order valence-electron chi connectivity index (χ1n) is 6.80. The number of nitrogens with one attached hydrogen (secondary N) is 1. The third-order valence-electron chi connectivity index (χ3n) is 3.24. The molecule has 2 aromatic carbocycles. The quantitative estimate of drug-likeness (QED) is 0.619. The van der Waals surface area contributed by atoms with Gasteiger partial charge in [-0.15, -0.1) is 0 Å². The molecule has 2 rings (SSSR count). The Morgan fingerprint density at radius 1 is 1.10 bits per heavy atom. The van der Waals surface area contributed by atoms with Crippen LogP contribution >= 0.6 is 22.6 Å². The van der Waals surface area contributed by atoms with E-state index in [4.69, 9.17) is 4.74 Å². The van der Waals surface area contributed by atoms with Crippen LogP contribution in [0, 0.1) is 17.4 Å². The van der Waals surface area contributed by atoms with Crippen LogP contribution in [0.1, 0.15) is 21.5 Å². The van der Waals surface area contributed by atoms with E-state index in [9.17, 15) is 4.79 Å². The number of halogens is 1. The average molecular weight is 395 g/mol. The van der Waals surface area contributed by atoms with E-state index >= 15 is 0 Å². The second kappa shape index (κ2) is 7.45. The molecular formula is C17H18INO2. The summed E-state index contributed by atoms with van der Waals surface area (Å²) in [6.07, 6.45) is 0. The molecule has 21 heavy (non-hydrogen) atoms. The molecule has 0 aliphatic rings. The second-order valence-corrected chi connectivity index (χ2v) is 6.10. The molecule has 0 atom stereocenters. The highest BCUT2D eigenvalue weighted by atomic mass is 127. The predicted molar refractivity (Wildman–Crippen MR) is 92.9 cm³/mol. The number of hydrogen-bond acceptors (Lipinski definition) is 2. The number of rotatable bonds is 5. The number of benzene rings is 2. The predicted octanol–water partition coefficient (Wildman–Crippen LogP) is 3.72. The summed E-state index contributed by atoms with van der Waals surface area (Å²) in [7, 11) is 0. The molecule has 0 radical (unpaired) electrons. The van der Waals surface area contributed by atoms with E-state index in [1.807, 2.05) is 42.5 Å². The van der Waals surface area contributed by atoms with Crippen LogP contribution in [0.2, 0.25) is 0 Å². The Morgan fingerprint density at radius 2 is 1.81 bits per heavy atom. The van der Waals surface area contributed by atoms with Gasteiger partial charge in [-0.2, -0.15) is 0 Å². The molecule has 3 nitrogen and oxygen atoms in total. The van der Waals surface area contributed by atoms with Crippen LogP contribution in [0.5, 0.6) is 5.75 Å². The van der Waals surface area contributed by atoms with Gasteiger partial charge in [-0.25, -0.2) is 0 Å². The summed E-state index contributed by atoms with van der Waals surface area (Å²) in [5, 5.41) is 2.85. The van der Waals surface area contributed by atoms with Gasteiger partial charge in [0.25, 0.3) is 5.91 Å². The Hall–Kier alpha value is -1.56. The number of aryl methyl sites for hydroxylation is 2. The van der Waals surface area contributed by atoms with Crippen molar-refractivity contribution < 1.29 is 9.53 Å². The fourth-order valence-corrected chi connectivity index (χ4v) is 2.20. The van der Waals surface area contributed by atoms with Crippen LogP contribution in [0.15, 0.2) is 42.5 Å². The highest BCUT2D eigenvalue weighted by Crippen LogP contribution is 2.16. The van der Waals surface area contributed by atoms with E-state index < -0.39 is 0 Å². The maximum Gasteiger partial charge on any atom is 0.251 e. The minimum atomic E-state index is -0.0740. The van der Waals surface area contributed by atoms with Gasteiger partial charge in [-0.3, -0.25) is 4.79 Å². The number of amides is 1. The zero-order valence-corrected chi connectivity index (χ0v) is 14.3. The monoisotopic (exact) mass is 395 g/mol. The number of carbonyl (C=O) groups excluding carboxylic acids is 1. The fraction of sp³-hybridized carbons (Fsp3) is 0.235. The van der Waals surface area contributed by atoms with E-state index in [0.29, 0.717) is 18.7 Å². The molecule has 4 heteroatoms. The van der Waals surface area contributed by atoms with Crippen LogP contribution in [0.4, 0.5) is 0 Å². The first-order valence-corrected chi connectivity index (χ1v) is 7.88. The Bertz CT molecular complexity index is 623. The van der Waals surface area contributed by atoms with Crippen LogP contribution in [-0.4, -0.2) is 19.1 Å². The molecule has 0 aliphatic carbocycles. The molecule has 0 saturated carbocycles. The van der Waals surface area contributed by atoms with Crippen LogP contribution in [0.25, 0.3) is 0 Å². The molecule has 0 aromatic heterocycles. The highest BCUT2D eigenvalue weighted by Gasteiger charge is 2.04. The molecule has 0 saturated heterocycles. The molecule has 0 heterocycles. The Labute approximate surface area is 138 Å². The molecule has 110 valence electrons. The second-order valence-electron chi connectivity index (χ2n) is 4.86. The summed E-state index contributed by atoms with van der Waals surface area (Å²) >= 11 is 2.21. The van der Waals surface area contributed by atoms with Gasteiger partial charge < -0.3 is 10.1 Å². The van der Waals surface area contributed by atoms with Crippen LogP contribution in [-0.2, 0) is 0 Å². The lowest BCUT2D eigenvalue weighted by Crippen LogP contribution is -2.28. The zero-order chi connectivity index (χ0) is 15.2. The third-order valence-corrected chi connectivity index (χ3v) is 3.96. The lowest BCUT2D eigenvalue weighted by molar-refractivity contribution is 0.0947. The van der Waals surface area contributed by atoms with Crippen molar-refractivity contribution in [3.63, 3.8) is 0 Å². The van der Waals surface area contributed by atoms with E-state index in [-0.39, 0.29) is 5.91 Å². The van der Waals surface area contributed by atoms with Gasteiger partial charge in [0.05, 0.1) is 6.54 Å². The molecule has 1 amide bonds. The molecule has 0 unspecified atom stereocenters. The van der Waals surface area contributed by atoms with Crippen molar-refractivity contribution in [3.8, 4) is 5.75 Å². The summed E-state index contributed by atoms with van der Waals surface area (Å²) in [5.74, 6) is 0.761. The van der Waals surface area contributed by atoms with Gasteiger partial charge in [-0.1, -0.05) is 6.07 Å². The maximum atomic E-state index is 11.9. The fourth-order valence-electron chi connectivity index (χ4n) is 1.84.